The molecule has 0 aliphatic heterocycles. The Hall–Kier alpha value is 0.540. The van der Waals surface area contributed by atoms with Crippen LogP contribution in [-0.2, 0) is 43.7 Å². The van der Waals surface area contributed by atoms with E-state index in [4.69, 9.17) is 22.2 Å². The van der Waals surface area contributed by atoms with Gasteiger partial charge in [0.05, 0.1) is 0 Å². The number of hydrogen-bond acceptors (Lipinski definition) is 5. The van der Waals surface area contributed by atoms with Crippen molar-refractivity contribution in [3.05, 3.63) is 0 Å². The molecule has 0 saturated heterocycles. The van der Waals surface area contributed by atoms with Gasteiger partial charge in [0.2, 0.25) is 0 Å². The second-order valence-corrected chi connectivity index (χ2v) is 7.22. The average Bonchev–Trinajstić information content (AvgIpc) is 2.66. The van der Waals surface area contributed by atoms with Gasteiger partial charge in [-0.25, -0.2) is 0 Å². The molecule has 0 rings (SSSR count). The van der Waals surface area contributed by atoms with Gasteiger partial charge in [0.15, 0.2) is 0 Å². The fourth-order valence-electron chi connectivity index (χ4n) is 2.49. The van der Waals surface area contributed by atoms with E-state index < -0.39 is 11.8 Å². The van der Waals surface area contributed by atoms with Crippen molar-refractivity contribution < 1.29 is 43.7 Å². The van der Waals surface area contributed by atoms with Crippen LogP contribution in [0.3, 0.4) is 0 Å². The zero-order valence-corrected chi connectivity index (χ0v) is 20.9. The molecule has 0 aliphatic rings. The van der Waals surface area contributed by atoms with E-state index in [1.54, 1.807) is 0 Å². The third kappa shape index (κ3) is 8.70. The van der Waals surface area contributed by atoms with Crippen molar-refractivity contribution in [3.63, 3.8) is 0 Å². The molecule has 0 atom stereocenters. The van der Waals surface area contributed by atoms with Crippen molar-refractivity contribution in [3.8, 4) is 0 Å². The Balaban J connectivity index is 5.55. The maximum absolute atomic E-state index is 6.30. The molecule has 26 heavy (non-hydrogen) atoms. The van der Waals surface area contributed by atoms with Crippen LogP contribution in [0.15, 0.2) is 0 Å². The Labute approximate surface area is 174 Å². The zero-order valence-electron chi connectivity index (χ0n) is 17.7. The molecule has 0 radical (unpaired) electrons. The Morgan fingerprint density at radius 1 is 0.577 bits per heavy atom. The van der Waals surface area contributed by atoms with Gasteiger partial charge in [-0.3, -0.25) is 0 Å². The number of rotatable bonds is 19. The molecule has 0 unspecified atom stereocenters. The van der Waals surface area contributed by atoms with E-state index in [2.05, 4.69) is 34.6 Å². The Bertz CT molecular complexity index is 265. The van der Waals surface area contributed by atoms with E-state index in [0.717, 1.165) is 51.4 Å². The molecular formula is C20H41O5Ta. The zero-order chi connectivity index (χ0) is 19.7. The molecule has 0 aliphatic carbocycles. The first-order valence-electron chi connectivity index (χ1n) is 10.5. The molecule has 0 aromatic rings. The first-order chi connectivity index (χ1) is 12.6. The molecule has 0 fully saturated rings. The molecule has 0 heterocycles. The van der Waals surface area contributed by atoms with E-state index in [-0.39, 0.29) is 0 Å². The summed E-state index contributed by atoms with van der Waals surface area (Å²) in [6.45, 7) is 13.0. The van der Waals surface area contributed by atoms with Gasteiger partial charge < -0.3 is 0 Å². The van der Waals surface area contributed by atoms with Crippen LogP contribution in [0.4, 0.5) is 0 Å². The van der Waals surface area contributed by atoms with Crippen LogP contribution >= 0.6 is 0 Å². The molecule has 0 N–H and O–H groups in total. The molecule has 6 heteroatoms. The summed E-state index contributed by atoms with van der Waals surface area (Å²) in [4.78, 5) is 0. The second-order valence-electron chi connectivity index (χ2n) is 6.56. The predicted molar refractivity (Wildman–Crippen MR) is 100 cm³/mol. The van der Waals surface area contributed by atoms with Crippen LogP contribution in [-0.4, -0.2) is 38.2 Å². The number of ether oxygens (including phenoxy) is 4. The van der Waals surface area contributed by atoms with Crippen molar-refractivity contribution in [1.29, 1.82) is 0 Å². The SMILES string of the molecule is CCCCOC(CC)(OCCCC)C([O][Ta])(OCCCC)OCCCC. The molecule has 0 amide bonds. The summed E-state index contributed by atoms with van der Waals surface area (Å²) in [5, 5.41) is 0. The van der Waals surface area contributed by atoms with Gasteiger partial charge in [-0.05, 0) is 0 Å². The summed E-state index contributed by atoms with van der Waals surface area (Å²) in [6.07, 6.45) is 8.68. The van der Waals surface area contributed by atoms with Crippen LogP contribution < -0.4 is 0 Å². The fraction of sp³-hybridized carbons (Fsp3) is 1.00. The topological polar surface area (TPSA) is 46.2 Å². The Morgan fingerprint density at radius 3 is 1.19 bits per heavy atom. The van der Waals surface area contributed by atoms with E-state index in [0.29, 0.717) is 54.3 Å². The van der Waals surface area contributed by atoms with E-state index in [1.165, 1.54) is 0 Å². The van der Waals surface area contributed by atoms with Gasteiger partial charge in [0.25, 0.3) is 0 Å². The van der Waals surface area contributed by atoms with E-state index >= 15 is 0 Å². The summed E-state index contributed by atoms with van der Waals surface area (Å²) in [6, 6.07) is 0. The van der Waals surface area contributed by atoms with E-state index in [9.17, 15) is 0 Å². The van der Waals surface area contributed by atoms with Gasteiger partial charge in [0, 0.05) is 0 Å². The van der Waals surface area contributed by atoms with Crippen LogP contribution in [0, 0.1) is 0 Å². The van der Waals surface area contributed by atoms with Crippen LogP contribution in [0.25, 0.3) is 0 Å². The second kappa shape index (κ2) is 16.5. The van der Waals surface area contributed by atoms with Crippen molar-refractivity contribution >= 4 is 0 Å². The van der Waals surface area contributed by atoms with Crippen LogP contribution in [0.2, 0.25) is 0 Å². The third-order valence-electron chi connectivity index (χ3n) is 4.30. The summed E-state index contributed by atoms with van der Waals surface area (Å²) < 4.78 is 31.0. The fourth-order valence-corrected chi connectivity index (χ4v) is 3.37. The standard InChI is InChI=1S/C20H41O5.Ta/c1-6-11-15-22-19(10-5,23-16-12-7-2)20(21,24-17-13-8-3)25-18-14-9-4;/h6-18H2,1-5H3;/q-1;+1. The molecule has 5 nitrogen and oxygen atoms in total. The average molecular weight is 542 g/mol. The van der Waals surface area contributed by atoms with E-state index in [1.807, 2.05) is 0 Å². The number of hydrogen-bond donors (Lipinski definition) is 0. The maximum atomic E-state index is 6.30. The normalized spacial score (nSPS) is 12.7. The minimum atomic E-state index is -1.29. The van der Waals surface area contributed by atoms with Crippen molar-refractivity contribution in [1.82, 2.24) is 0 Å². The molecule has 0 bridgehead atoms. The minimum absolute atomic E-state index is 0.566. The van der Waals surface area contributed by atoms with Gasteiger partial charge >= 0.3 is 174 Å². The summed E-state index contributed by atoms with van der Waals surface area (Å²) in [5.74, 6) is -2.32. The van der Waals surface area contributed by atoms with Gasteiger partial charge in [-0.2, -0.15) is 0 Å². The number of unbranched alkanes of at least 4 members (excludes halogenated alkanes) is 4. The monoisotopic (exact) mass is 542 g/mol. The first-order valence-corrected chi connectivity index (χ1v) is 11.8. The van der Waals surface area contributed by atoms with Crippen molar-refractivity contribution in [2.75, 3.05) is 26.4 Å². The quantitative estimate of drug-likeness (QED) is 0.160. The summed E-state index contributed by atoms with van der Waals surface area (Å²) >= 11 is 0.706. The van der Waals surface area contributed by atoms with Crippen molar-refractivity contribution in [2.45, 2.75) is 104 Å². The van der Waals surface area contributed by atoms with Crippen LogP contribution in [0.5, 0.6) is 0 Å². The molecule has 0 aromatic heterocycles. The Morgan fingerprint density at radius 2 is 0.923 bits per heavy atom. The molecule has 0 aromatic carbocycles. The van der Waals surface area contributed by atoms with Gasteiger partial charge in [-0.1, -0.05) is 0 Å². The van der Waals surface area contributed by atoms with Gasteiger partial charge in [-0.15, -0.1) is 0 Å². The predicted octanol–water partition coefficient (Wildman–Crippen LogP) is 5.49. The third-order valence-corrected chi connectivity index (χ3v) is 5.16. The van der Waals surface area contributed by atoms with Crippen molar-refractivity contribution in [2.24, 2.45) is 0 Å². The first kappa shape index (κ1) is 26.5. The molecular weight excluding hydrogens is 501 g/mol. The Kier molecular flexibility index (Phi) is 16.8. The van der Waals surface area contributed by atoms with Crippen LogP contribution in [0.1, 0.15) is 92.4 Å². The van der Waals surface area contributed by atoms with Gasteiger partial charge in [0.1, 0.15) is 0 Å². The molecule has 0 spiro atoms. The summed E-state index contributed by atoms with van der Waals surface area (Å²) in [5.41, 5.74) is 0. The molecule has 0 saturated carbocycles. The molecule has 156 valence electrons. The summed E-state index contributed by atoms with van der Waals surface area (Å²) in [7, 11) is 0.